The summed E-state index contributed by atoms with van der Waals surface area (Å²) in [5.41, 5.74) is 8.82. The summed E-state index contributed by atoms with van der Waals surface area (Å²) in [6.07, 6.45) is 3.68. The third-order valence-electron chi connectivity index (χ3n) is 4.01. The number of nitrogen functional groups attached to an aromatic ring is 1. The highest BCUT2D eigenvalue weighted by molar-refractivity contribution is 5.87. The van der Waals surface area contributed by atoms with Crippen LogP contribution in [0.2, 0.25) is 0 Å². The quantitative estimate of drug-likeness (QED) is 0.419. The topological polar surface area (TPSA) is 83.7 Å². The summed E-state index contributed by atoms with van der Waals surface area (Å²) in [5, 5.41) is 0.999. The number of benzene rings is 2. The Kier molecular flexibility index (Phi) is 5.26. The Morgan fingerprint density at radius 3 is 2.52 bits per heavy atom. The Balaban J connectivity index is 1.96. The van der Waals surface area contributed by atoms with Crippen LogP contribution in [0.1, 0.15) is 18.2 Å². The van der Waals surface area contributed by atoms with Crippen LogP contribution in [0.5, 0.6) is 17.2 Å². The molecule has 3 aromatic rings. The van der Waals surface area contributed by atoms with Crippen LogP contribution in [0.25, 0.3) is 23.1 Å². The SMILES string of the molecule is COc1c(OC(C)=O)ccc(/C=C/c2ccc3cccc(OC)c3n2)c1N. The van der Waals surface area contributed by atoms with E-state index in [1.807, 2.05) is 42.5 Å². The van der Waals surface area contributed by atoms with Crippen molar-refractivity contribution < 1.29 is 19.0 Å². The van der Waals surface area contributed by atoms with E-state index in [1.54, 1.807) is 19.2 Å². The van der Waals surface area contributed by atoms with Gasteiger partial charge < -0.3 is 19.9 Å². The van der Waals surface area contributed by atoms with E-state index in [1.165, 1.54) is 14.0 Å². The molecule has 0 radical (unpaired) electrons. The zero-order valence-corrected chi connectivity index (χ0v) is 15.4. The van der Waals surface area contributed by atoms with Crippen LogP contribution >= 0.6 is 0 Å². The van der Waals surface area contributed by atoms with Gasteiger partial charge in [-0.25, -0.2) is 4.98 Å². The number of carbonyl (C=O) groups is 1. The maximum atomic E-state index is 11.2. The van der Waals surface area contributed by atoms with Gasteiger partial charge in [-0.2, -0.15) is 0 Å². The molecule has 2 N–H and O–H groups in total. The van der Waals surface area contributed by atoms with E-state index < -0.39 is 5.97 Å². The maximum Gasteiger partial charge on any atom is 0.308 e. The normalized spacial score (nSPS) is 10.9. The lowest BCUT2D eigenvalue weighted by Crippen LogP contribution is -2.05. The lowest BCUT2D eigenvalue weighted by Gasteiger charge is -2.12. The first-order valence-electron chi connectivity index (χ1n) is 8.30. The molecule has 6 heteroatoms. The predicted octanol–water partition coefficient (Wildman–Crippen LogP) is 3.93. The summed E-state index contributed by atoms with van der Waals surface area (Å²) in [4.78, 5) is 15.8. The van der Waals surface area contributed by atoms with Crippen molar-refractivity contribution in [2.45, 2.75) is 6.92 Å². The highest BCUT2D eigenvalue weighted by Crippen LogP contribution is 2.36. The fraction of sp³-hybridized carbons (Fsp3) is 0.143. The summed E-state index contributed by atoms with van der Waals surface area (Å²) < 4.78 is 15.8. The molecule has 0 saturated heterocycles. The Morgan fingerprint density at radius 2 is 1.81 bits per heavy atom. The van der Waals surface area contributed by atoms with E-state index in [4.69, 9.17) is 19.9 Å². The van der Waals surface area contributed by atoms with Gasteiger partial charge >= 0.3 is 5.97 Å². The summed E-state index contributed by atoms with van der Waals surface area (Å²) in [6, 6.07) is 13.1. The number of anilines is 1. The second-order valence-corrected chi connectivity index (χ2v) is 5.79. The average Bonchev–Trinajstić information content (AvgIpc) is 2.66. The minimum Gasteiger partial charge on any atom is -0.494 e. The van der Waals surface area contributed by atoms with Gasteiger partial charge in [-0.3, -0.25) is 4.79 Å². The molecule has 0 fully saturated rings. The van der Waals surface area contributed by atoms with Crippen molar-refractivity contribution >= 4 is 34.7 Å². The third-order valence-corrected chi connectivity index (χ3v) is 4.01. The van der Waals surface area contributed by atoms with Gasteiger partial charge in [0.05, 0.1) is 25.6 Å². The van der Waals surface area contributed by atoms with Gasteiger partial charge in [0.2, 0.25) is 0 Å². The number of hydrogen-bond acceptors (Lipinski definition) is 6. The number of esters is 1. The molecule has 27 heavy (non-hydrogen) atoms. The number of rotatable bonds is 5. The number of para-hydroxylation sites is 1. The summed E-state index contributed by atoms with van der Waals surface area (Å²) in [5.74, 6) is 0.883. The zero-order valence-electron chi connectivity index (χ0n) is 15.4. The van der Waals surface area contributed by atoms with Crippen LogP contribution in [-0.4, -0.2) is 25.2 Å². The zero-order chi connectivity index (χ0) is 19.4. The first kappa shape index (κ1) is 18.3. The monoisotopic (exact) mass is 364 g/mol. The number of fused-ring (bicyclic) bond motifs is 1. The van der Waals surface area contributed by atoms with Crippen LogP contribution in [0.4, 0.5) is 5.69 Å². The maximum absolute atomic E-state index is 11.2. The number of aromatic nitrogens is 1. The number of carbonyl (C=O) groups excluding carboxylic acids is 1. The van der Waals surface area contributed by atoms with Crippen molar-refractivity contribution in [1.82, 2.24) is 4.98 Å². The van der Waals surface area contributed by atoms with Gasteiger partial charge in [-0.1, -0.05) is 24.3 Å². The molecule has 0 saturated carbocycles. The molecule has 0 aliphatic carbocycles. The molecular formula is C21H20N2O4. The number of hydrogen-bond donors (Lipinski definition) is 1. The second-order valence-electron chi connectivity index (χ2n) is 5.79. The Hall–Kier alpha value is -3.54. The molecule has 0 spiro atoms. The fourth-order valence-corrected chi connectivity index (χ4v) is 2.75. The average molecular weight is 364 g/mol. The summed E-state index contributed by atoms with van der Waals surface area (Å²) in [6.45, 7) is 1.32. The number of nitrogens with zero attached hydrogens (tertiary/aromatic N) is 1. The highest BCUT2D eigenvalue weighted by Gasteiger charge is 2.13. The number of nitrogens with two attached hydrogens (primary N) is 1. The molecule has 1 aromatic heterocycles. The van der Waals surface area contributed by atoms with E-state index in [9.17, 15) is 4.79 Å². The molecule has 0 unspecified atom stereocenters. The molecule has 6 nitrogen and oxygen atoms in total. The molecule has 0 bridgehead atoms. The fourth-order valence-electron chi connectivity index (χ4n) is 2.75. The lowest BCUT2D eigenvalue weighted by molar-refractivity contribution is -0.132. The van der Waals surface area contributed by atoms with Crippen molar-refractivity contribution in [2.24, 2.45) is 0 Å². The number of methoxy groups -OCH3 is 2. The highest BCUT2D eigenvalue weighted by atomic mass is 16.6. The van der Waals surface area contributed by atoms with Crippen LogP contribution < -0.4 is 19.9 Å². The molecule has 138 valence electrons. The van der Waals surface area contributed by atoms with Crippen molar-refractivity contribution in [2.75, 3.05) is 20.0 Å². The van der Waals surface area contributed by atoms with Crippen LogP contribution in [-0.2, 0) is 4.79 Å². The molecule has 0 amide bonds. The standard InChI is InChI=1S/C21H20N2O4/c1-13(24)27-18-12-9-14(19(22)21(18)26-3)7-10-16-11-8-15-5-4-6-17(25-2)20(15)23-16/h4-12H,22H2,1-3H3/b10-7+. The van der Waals surface area contributed by atoms with Gasteiger partial charge in [-0.05, 0) is 30.3 Å². The third kappa shape index (κ3) is 3.84. The van der Waals surface area contributed by atoms with Gasteiger partial charge in [-0.15, -0.1) is 0 Å². The van der Waals surface area contributed by atoms with Crippen LogP contribution in [0.15, 0.2) is 42.5 Å². The minimum absolute atomic E-state index is 0.285. The van der Waals surface area contributed by atoms with E-state index in [0.29, 0.717) is 11.4 Å². The molecule has 0 aliphatic rings. The van der Waals surface area contributed by atoms with Crippen molar-refractivity contribution in [3.8, 4) is 17.2 Å². The first-order valence-corrected chi connectivity index (χ1v) is 8.30. The largest absolute Gasteiger partial charge is 0.494 e. The van der Waals surface area contributed by atoms with E-state index in [2.05, 4.69) is 4.98 Å². The van der Waals surface area contributed by atoms with Crippen molar-refractivity contribution in [3.63, 3.8) is 0 Å². The number of ether oxygens (including phenoxy) is 3. The van der Waals surface area contributed by atoms with Crippen LogP contribution in [0, 0.1) is 0 Å². The molecule has 1 heterocycles. The molecule has 3 rings (SSSR count). The van der Waals surface area contributed by atoms with Gasteiger partial charge in [0.15, 0.2) is 11.5 Å². The Morgan fingerprint density at radius 1 is 1.00 bits per heavy atom. The smallest absolute Gasteiger partial charge is 0.308 e. The number of pyridine rings is 1. The summed E-state index contributed by atoms with van der Waals surface area (Å²) in [7, 11) is 3.10. The molecular weight excluding hydrogens is 344 g/mol. The minimum atomic E-state index is -0.440. The second kappa shape index (κ2) is 7.78. The first-order chi connectivity index (χ1) is 13.0. The van der Waals surface area contributed by atoms with Crippen molar-refractivity contribution in [3.05, 3.63) is 53.7 Å². The molecule has 0 aliphatic heterocycles. The Labute approximate surface area is 157 Å². The predicted molar refractivity (Wildman–Crippen MR) is 106 cm³/mol. The lowest BCUT2D eigenvalue weighted by atomic mass is 10.1. The van der Waals surface area contributed by atoms with Crippen molar-refractivity contribution in [1.29, 1.82) is 0 Å². The van der Waals surface area contributed by atoms with Gasteiger partial charge in [0.25, 0.3) is 0 Å². The van der Waals surface area contributed by atoms with Gasteiger partial charge in [0, 0.05) is 17.9 Å². The summed E-state index contributed by atoms with van der Waals surface area (Å²) >= 11 is 0. The van der Waals surface area contributed by atoms with Crippen LogP contribution in [0.3, 0.4) is 0 Å². The van der Waals surface area contributed by atoms with E-state index >= 15 is 0 Å². The molecule has 0 atom stereocenters. The van der Waals surface area contributed by atoms with Gasteiger partial charge in [0.1, 0.15) is 11.3 Å². The Bertz CT molecular complexity index is 1030. The molecule has 2 aromatic carbocycles. The van der Waals surface area contributed by atoms with E-state index in [-0.39, 0.29) is 5.75 Å². The van der Waals surface area contributed by atoms with E-state index in [0.717, 1.165) is 27.9 Å².